The van der Waals surface area contributed by atoms with Crippen molar-refractivity contribution in [1.29, 1.82) is 5.26 Å². The number of hydrogen-bond donors (Lipinski definition) is 0. The summed E-state index contributed by atoms with van der Waals surface area (Å²) in [6, 6.07) is 1.67. The Kier molecular flexibility index (Phi) is 3.59. The molecule has 0 bridgehead atoms. The summed E-state index contributed by atoms with van der Waals surface area (Å²) in [6.07, 6.45) is 5.75. The van der Waals surface area contributed by atoms with Crippen molar-refractivity contribution >= 4 is 5.91 Å². The van der Waals surface area contributed by atoms with Crippen LogP contribution in [0.1, 0.15) is 32.1 Å². The predicted octanol–water partition coefficient (Wildman–Crippen LogP) is 1.30. The number of carbonyl (C=O) groups is 1. The zero-order valence-corrected chi connectivity index (χ0v) is 7.25. The molecule has 0 aliphatic carbocycles. The normalized spacial score (nSPS) is 19.1. The quantitative estimate of drug-likeness (QED) is 0.509. The molecule has 0 aromatic carbocycles. The molecule has 12 heavy (non-hydrogen) atoms. The molecule has 0 saturated carbocycles. The molecule has 0 unspecified atom stereocenters. The lowest BCUT2D eigenvalue weighted by Gasteiger charge is -2.21. The number of amides is 1. The van der Waals surface area contributed by atoms with E-state index >= 15 is 0 Å². The molecule has 0 aromatic heterocycles. The molecular weight excluding hydrogens is 152 g/mol. The summed E-state index contributed by atoms with van der Waals surface area (Å²) >= 11 is 0. The molecular formula is C9H14N2O. The van der Waals surface area contributed by atoms with E-state index in [1.807, 2.05) is 0 Å². The van der Waals surface area contributed by atoms with Gasteiger partial charge in [0.25, 0.3) is 0 Å². The third-order valence-electron chi connectivity index (χ3n) is 2.24. The first-order valence-electron chi connectivity index (χ1n) is 4.53. The Morgan fingerprint density at radius 1 is 1.08 bits per heavy atom. The zero-order chi connectivity index (χ0) is 8.81. The Bertz CT molecular complexity index is 187. The first-order valence-corrected chi connectivity index (χ1v) is 4.53. The average Bonchev–Trinajstić information content (AvgIpc) is 2.02. The molecule has 0 spiro atoms. The van der Waals surface area contributed by atoms with Gasteiger partial charge in [-0.2, -0.15) is 5.26 Å². The Hall–Kier alpha value is -1.04. The van der Waals surface area contributed by atoms with Crippen LogP contribution in [0.25, 0.3) is 0 Å². The second-order valence-electron chi connectivity index (χ2n) is 3.17. The van der Waals surface area contributed by atoms with E-state index in [9.17, 15) is 4.79 Å². The van der Waals surface area contributed by atoms with Gasteiger partial charge in [-0.1, -0.05) is 19.3 Å². The molecule has 1 saturated heterocycles. The highest BCUT2D eigenvalue weighted by Crippen LogP contribution is 2.09. The molecule has 3 heteroatoms. The number of rotatable bonds is 0. The molecule has 66 valence electrons. The standard InChI is InChI=1S/C9H14N2O/c10-8-9(12)11-6-4-2-1-3-5-7-11/h1-7H2. The molecule has 0 aromatic rings. The maximum absolute atomic E-state index is 11.0. The molecule has 0 atom stereocenters. The van der Waals surface area contributed by atoms with Crippen molar-refractivity contribution in [2.24, 2.45) is 0 Å². The maximum Gasteiger partial charge on any atom is 0.324 e. The van der Waals surface area contributed by atoms with Crippen LogP contribution in [0.2, 0.25) is 0 Å². The molecule has 1 heterocycles. The van der Waals surface area contributed by atoms with E-state index in [0.29, 0.717) is 0 Å². The van der Waals surface area contributed by atoms with E-state index in [1.165, 1.54) is 19.3 Å². The molecule has 1 fully saturated rings. The number of likely N-dealkylation sites (tertiary alicyclic amines) is 1. The summed E-state index contributed by atoms with van der Waals surface area (Å²) < 4.78 is 0. The third kappa shape index (κ3) is 2.54. The minimum Gasteiger partial charge on any atom is -0.330 e. The van der Waals surface area contributed by atoms with Crippen LogP contribution < -0.4 is 0 Å². The fourth-order valence-corrected chi connectivity index (χ4v) is 1.52. The van der Waals surface area contributed by atoms with Crippen LogP contribution >= 0.6 is 0 Å². The number of carbonyl (C=O) groups excluding carboxylic acids is 1. The lowest BCUT2D eigenvalue weighted by atomic mass is 10.1. The van der Waals surface area contributed by atoms with Gasteiger partial charge in [0.15, 0.2) is 6.07 Å². The molecule has 0 N–H and O–H groups in total. The number of nitriles is 1. The van der Waals surface area contributed by atoms with Gasteiger partial charge in [0.2, 0.25) is 0 Å². The summed E-state index contributed by atoms with van der Waals surface area (Å²) in [5.41, 5.74) is 0. The Labute approximate surface area is 73.0 Å². The molecule has 1 aliphatic heterocycles. The molecule has 1 amide bonds. The van der Waals surface area contributed by atoms with Crippen LogP contribution in [0.5, 0.6) is 0 Å². The highest BCUT2D eigenvalue weighted by molar-refractivity contribution is 5.91. The molecule has 1 aliphatic rings. The van der Waals surface area contributed by atoms with Gasteiger partial charge < -0.3 is 4.90 Å². The summed E-state index contributed by atoms with van der Waals surface area (Å²) in [5, 5.41) is 8.41. The smallest absolute Gasteiger partial charge is 0.324 e. The highest BCUT2D eigenvalue weighted by atomic mass is 16.2. The summed E-state index contributed by atoms with van der Waals surface area (Å²) in [5.74, 6) is -0.364. The first kappa shape index (κ1) is 9.05. The minimum absolute atomic E-state index is 0.364. The molecule has 0 radical (unpaired) electrons. The first-order chi connectivity index (χ1) is 5.84. The highest BCUT2D eigenvalue weighted by Gasteiger charge is 2.12. The van der Waals surface area contributed by atoms with E-state index in [1.54, 1.807) is 11.0 Å². The van der Waals surface area contributed by atoms with Crippen molar-refractivity contribution in [1.82, 2.24) is 4.90 Å². The van der Waals surface area contributed by atoms with Crippen LogP contribution in [0.15, 0.2) is 0 Å². The van der Waals surface area contributed by atoms with Crippen molar-refractivity contribution in [3.8, 4) is 6.07 Å². The van der Waals surface area contributed by atoms with Crippen LogP contribution in [0.3, 0.4) is 0 Å². The summed E-state index contributed by atoms with van der Waals surface area (Å²) in [6.45, 7) is 1.54. The summed E-state index contributed by atoms with van der Waals surface area (Å²) in [7, 11) is 0. The SMILES string of the molecule is N#CC(=O)N1CCCCCCC1. The Morgan fingerprint density at radius 3 is 2.08 bits per heavy atom. The molecule has 3 nitrogen and oxygen atoms in total. The fourth-order valence-electron chi connectivity index (χ4n) is 1.52. The van der Waals surface area contributed by atoms with Gasteiger partial charge in [-0.05, 0) is 12.8 Å². The minimum atomic E-state index is -0.364. The average molecular weight is 166 g/mol. The second kappa shape index (κ2) is 4.76. The van der Waals surface area contributed by atoms with Crippen LogP contribution in [0.4, 0.5) is 0 Å². The predicted molar refractivity (Wildman–Crippen MR) is 45.3 cm³/mol. The zero-order valence-electron chi connectivity index (χ0n) is 7.25. The van der Waals surface area contributed by atoms with Crippen molar-refractivity contribution < 1.29 is 4.79 Å². The second-order valence-corrected chi connectivity index (χ2v) is 3.17. The van der Waals surface area contributed by atoms with Crippen LogP contribution in [-0.2, 0) is 4.79 Å². The van der Waals surface area contributed by atoms with E-state index in [-0.39, 0.29) is 5.91 Å². The van der Waals surface area contributed by atoms with Gasteiger partial charge in [0, 0.05) is 13.1 Å². The number of hydrogen-bond acceptors (Lipinski definition) is 2. The molecule has 1 rings (SSSR count). The number of nitrogens with zero attached hydrogens (tertiary/aromatic N) is 2. The van der Waals surface area contributed by atoms with Gasteiger partial charge in [-0.15, -0.1) is 0 Å². The van der Waals surface area contributed by atoms with E-state index in [4.69, 9.17) is 5.26 Å². The fraction of sp³-hybridized carbons (Fsp3) is 0.778. The van der Waals surface area contributed by atoms with Crippen molar-refractivity contribution in [2.45, 2.75) is 32.1 Å². The van der Waals surface area contributed by atoms with Gasteiger partial charge >= 0.3 is 5.91 Å². The van der Waals surface area contributed by atoms with Crippen molar-refractivity contribution in [2.75, 3.05) is 13.1 Å². The van der Waals surface area contributed by atoms with E-state index in [2.05, 4.69) is 0 Å². The third-order valence-corrected chi connectivity index (χ3v) is 2.24. The largest absolute Gasteiger partial charge is 0.330 e. The lowest BCUT2D eigenvalue weighted by molar-refractivity contribution is -0.125. The summed E-state index contributed by atoms with van der Waals surface area (Å²) in [4.78, 5) is 12.7. The monoisotopic (exact) mass is 166 g/mol. The van der Waals surface area contributed by atoms with Gasteiger partial charge in [-0.3, -0.25) is 4.79 Å². The van der Waals surface area contributed by atoms with Crippen molar-refractivity contribution in [3.05, 3.63) is 0 Å². The van der Waals surface area contributed by atoms with Gasteiger partial charge in [0.1, 0.15) is 0 Å². The van der Waals surface area contributed by atoms with Crippen LogP contribution in [0, 0.1) is 11.3 Å². The maximum atomic E-state index is 11.0. The van der Waals surface area contributed by atoms with Crippen LogP contribution in [-0.4, -0.2) is 23.9 Å². The topological polar surface area (TPSA) is 44.1 Å². The van der Waals surface area contributed by atoms with Crippen molar-refractivity contribution in [3.63, 3.8) is 0 Å². The van der Waals surface area contributed by atoms with E-state index in [0.717, 1.165) is 25.9 Å². The Morgan fingerprint density at radius 2 is 1.58 bits per heavy atom. The van der Waals surface area contributed by atoms with Gasteiger partial charge in [-0.25, -0.2) is 0 Å². The van der Waals surface area contributed by atoms with E-state index < -0.39 is 0 Å². The Balaban J connectivity index is 2.40. The lowest BCUT2D eigenvalue weighted by Crippen LogP contribution is -2.32. The van der Waals surface area contributed by atoms with Gasteiger partial charge in [0.05, 0.1) is 0 Å².